The molecule has 0 heterocycles. The average molecular weight is 543 g/mol. The number of hydrogen-bond donors (Lipinski definition) is 0. The number of hydrogen-bond acceptors (Lipinski definition) is 2. The van der Waals surface area contributed by atoms with E-state index in [-0.39, 0.29) is 5.97 Å². The Hall–Kier alpha value is -0.530. The van der Waals surface area contributed by atoms with Crippen LogP contribution in [-0.2, 0) is 9.53 Å². The number of unbranched alkanes of at least 4 members (excludes halogenated alkanes) is 4. The Labute approximate surface area is 243 Å². The Kier molecular flexibility index (Phi) is 11.3. The first-order valence-corrected chi connectivity index (χ1v) is 17.9. The highest BCUT2D eigenvalue weighted by Gasteiger charge is 2.60. The first-order chi connectivity index (χ1) is 18.7. The number of fused-ring (bicyclic) bond motifs is 5. The summed E-state index contributed by atoms with van der Waals surface area (Å²) in [4.78, 5) is 12.2. The lowest BCUT2D eigenvalue weighted by molar-refractivity contribution is -0.144. The minimum atomic E-state index is 0.0269. The molecule has 0 saturated heterocycles. The van der Waals surface area contributed by atoms with Gasteiger partial charge in [-0.05, 0) is 129 Å². The van der Waals surface area contributed by atoms with Crippen LogP contribution < -0.4 is 0 Å². The lowest BCUT2D eigenvalue weighted by Crippen LogP contribution is -2.53. The van der Waals surface area contributed by atoms with E-state index in [9.17, 15) is 4.79 Å². The molecule has 0 N–H and O–H groups in total. The minimum absolute atomic E-state index is 0.0269. The van der Waals surface area contributed by atoms with Crippen LogP contribution in [0.3, 0.4) is 0 Å². The molecule has 0 aromatic carbocycles. The van der Waals surface area contributed by atoms with Crippen LogP contribution in [0, 0.1) is 58.2 Å². The number of ether oxygens (including phenoxy) is 1. The topological polar surface area (TPSA) is 26.3 Å². The van der Waals surface area contributed by atoms with Crippen molar-refractivity contribution in [3.63, 3.8) is 0 Å². The highest BCUT2D eigenvalue weighted by molar-refractivity contribution is 5.69. The van der Waals surface area contributed by atoms with E-state index < -0.39 is 0 Å². The molecule has 2 nitrogen and oxygen atoms in total. The van der Waals surface area contributed by atoms with Gasteiger partial charge in [0.1, 0.15) is 0 Å². The van der Waals surface area contributed by atoms with Gasteiger partial charge in [0.05, 0.1) is 6.61 Å². The molecule has 0 spiro atoms. The Morgan fingerprint density at radius 2 is 1.56 bits per heavy atom. The quantitative estimate of drug-likeness (QED) is 0.161. The van der Waals surface area contributed by atoms with Crippen LogP contribution in [0.4, 0.5) is 0 Å². The molecule has 4 aliphatic rings. The lowest BCUT2D eigenvalue weighted by Gasteiger charge is -2.61. The molecule has 226 valence electrons. The SMILES string of the molecule is CCCCCCCC(=O)OCC[C@H](CC[C@@H](C)[C@H]1CC[C@H]2[C@@H]3CCC4CCCC[C@]4(C)[C@H]3CC[C@]12C)C(C)C. The van der Waals surface area contributed by atoms with Gasteiger partial charge >= 0.3 is 5.97 Å². The van der Waals surface area contributed by atoms with Gasteiger partial charge in [-0.2, -0.15) is 0 Å². The van der Waals surface area contributed by atoms with Crippen LogP contribution >= 0.6 is 0 Å². The average Bonchev–Trinajstić information content (AvgIpc) is 3.27. The second-order valence-electron chi connectivity index (χ2n) is 15.9. The van der Waals surface area contributed by atoms with Gasteiger partial charge in [0, 0.05) is 6.42 Å². The molecule has 0 aliphatic heterocycles. The van der Waals surface area contributed by atoms with E-state index in [1.54, 1.807) is 6.42 Å². The summed E-state index contributed by atoms with van der Waals surface area (Å²) in [6.07, 6.45) is 25.4. The van der Waals surface area contributed by atoms with Crippen LogP contribution in [0.5, 0.6) is 0 Å². The third-order valence-corrected chi connectivity index (χ3v) is 13.5. The van der Waals surface area contributed by atoms with Crippen molar-refractivity contribution in [3.8, 4) is 0 Å². The largest absolute Gasteiger partial charge is 0.466 e. The predicted molar refractivity (Wildman–Crippen MR) is 166 cm³/mol. The molecule has 4 fully saturated rings. The Balaban J connectivity index is 1.24. The Morgan fingerprint density at radius 1 is 0.795 bits per heavy atom. The molecule has 0 bridgehead atoms. The molecule has 0 aromatic heterocycles. The molecule has 4 saturated carbocycles. The second kappa shape index (κ2) is 14.1. The van der Waals surface area contributed by atoms with Crippen molar-refractivity contribution in [2.24, 2.45) is 58.2 Å². The van der Waals surface area contributed by atoms with Crippen molar-refractivity contribution >= 4 is 5.97 Å². The van der Waals surface area contributed by atoms with E-state index in [2.05, 4.69) is 41.5 Å². The summed E-state index contributed by atoms with van der Waals surface area (Å²) in [6.45, 7) is 15.7. The van der Waals surface area contributed by atoms with Crippen LogP contribution in [0.2, 0.25) is 0 Å². The first kappa shape index (κ1) is 31.4. The number of carbonyl (C=O) groups is 1. The summed E-state index contributed by atoms with van der Waals surface area (Å²) in [6, 6.07) is 0. The molecular formula is C37H66O2. The zero-order valence-corrected chi connectivity index (χ0v) is 27.1. The molecule has 0 radical (unpaired) electrons. The Bertz CT molecular complexity index is 759. The highest BCUT2D eigenvalue weighted by atomic mass is 16.5. The third-order valence-electron chi connectivity index (χ3n) is 13.5. The molecule has 39 heavy (non-hydrogen) atoms. The standard InChI is InChI=1S/C37H66O2/c1-7-8-9-10-11-15-35(38)39-26-23-29(27(2)3)17-16-28(4)32-20-21-33-31-19-18-30-14-12-13-24-36(30,5)34(31)22-25-37(32,33)6/h27-34H,7-26H2,1-6H3/t28-,29+,30?,31+,32-,33+,34+,36+,37-/m1/s1. The normalized spacial score (nSPS) is 37.6. The van der Waals surface area contributed by atoms with Crippen molar-refractivity contribution < 1.29 is 9.53 Å². The second-order valence-corrected chi connectivity index (χ2v) is 15.9. The van der Waals surface area contributed by atoms with Gasteiger partial charge in [0.15, 0.2) is 0 Å². The van der Waals surface area contributed by atoms with Gasteiger partial charge in [-0.1, -0.05) is 86.5 Å². The molecule has 0 amide bonds. The molecule has 4 rings (SSSR count). The zero-order chi connectivity index (χ0) is 28.0. The van der Waals surface area contributed by atoms with Gasteiger partial charge in [-0.15, -0.1) is 0 Å². The van der Waals surface area contributed by atoms with Gasteiger partial charge in [0.25, 0.3) is 0 Å². The molecular weight excluding hydrogens is 476 g/mol. The first-order valence-electron chi connectivity index (χ1n) is 17.9. The maximum Gasteiger partial charge on any atom is 0.305 e. The van der Waals surface area contributed by atoms with Gasteiger partial charge in [0.2, 0.25) is 0 Å². The van der Waals surface area contributed by atoms with E-state index in [0.29, 0.717) is 35.7 Å². The van der Waals surface area contributed by atoms with Gasteiger partial charge < -0.3 is 4.74 Å². The van der Waals surface area contributed by atoms with Crippen LogP contribution in [0.1, 0.15) is 164 Å². The lowest BCUT2D eigenvalue weighted by atomic mass is 9.44. The van der Waals surface area contributed by atoms with E-state index >= 15 is 0 Å². The molecule has 4 aliphatic carbocycles. The van der Waals surface area contributed by atoms with Crippen molar-refractivity contribution in [2.45, 2.75) is 164 Å². The summed E-state index contributed by atoms with van der Waals surface area (Å²) in [5.41, 5.74) is 1.24. The number of esters is 1. The maximum atomic E-state index is 12.2. The fourth-order valence-electron chi connectivity index (χ4n) is 11.0. The summed E-state index contributed by atoms with van der Waals surface area (Å²) in [7, 11) is 0. The van der Waals surface area contributed by atoms with E-state index in [1.807, 2.05) is 0 Å². The smallest absolute Gasteiger partial charge is 0.305 e. The van der Waals surface area contributed by atoms with Crippen LogP contribution in [-0.4, -0.2) is 12.6 Å². The number of rotatable bonds is 14. The van der Waals surface area contributed by atoms with E-state index in [0.717, 1.165) is 54.8 Å². The third kappa shape index (κ3) is 7.10. The fraction of sp³-hybridized carbons (Fsp3) is 0.973. The maximum absolute atomic E-state index is 12.2. The molecule has 1 unspecified atom stereocenters. The Morgan fingerprint density at radius 3 is 2.33 bits per heavy atom. The molecule has 2 heteroatoms. The zero-order valence-electron chi connectivity index (χ0n) is 27.1. The van der Waals surface area contributed by atoms with Crippen molar-refractivity contribution in [1.29, 1.82) is 0 Å². The van der Waals surface area contributed by atoms with Gasteiger partial charge in [-0.25, -0.2) is 0 Å². The van der Waals surface area contributed by atoms with Gasteiger partial charge in [-0.3, -0.25) is 4.79 Å². The van der Waals surface area contributed by atoms with Crippen LogP contribution in [0.25, 0.3) is 0 Å². The fourth-order valence-corrected chi connectivity index (χ4v) is 11.0. The highest BCUT2D eigenvalue weighted by Crippen LogP contribution is 2.68. The monoisotopic (exact) mass is 543 g/mol. The van der Waals surface area contributed by atoms with Crippen molar-refractivity contribution in [1.82, 2.24) is 0 Å². The van der Waals surface area contributed by atoms with E-state index in [4.69, 9.17) is 4.74 Å². The summed E-state index contributed by atoms with van der Waals surface area (Å²) in [5, 5.41) is 0. The van der Waals surface area contributed by atoms with E-state index in [1.165, 1.54) is 89.9 Å². The van der Waals surface area contributed by atoms with Crippen LogP contribution in [0.15, 0.2) is 0 Å². The summed E-state index contributed by atoms with van der Waals surface area (Å²) >= 11 is 0. The minimum Gasteiger partial charge on any atom is -0.466 e. The number of carbonyl (C=O) groups excluding carboxylic acids is 1. The summed E-state index contributed by atoms with van der Waals surface area (Å²) < 4.78 is 5.68. The van der Waals surface area contributed by atoms with Crippen molar-refractivity contribution in [2.75, 3.05) is 6.61 Å². The predicted octanol–water partition coefficient (Wildman–Crippen LogP) is 11.0. The molecule has 9 atom stereocenters. The summed E-state index contributed by atoms with van der Waals surface area (Å²) in [5.74, 6) is 7.17. The molecule has 0 aromatic rings. The van der Waals surface area contributed by atoms with Crippen molar-refractivity contribution in [3.05, 3.63) is 0 Å².